The number of nitro benzene ring substituents is 1. The largest absolute Gasteiger partial charge is 0.382 e. The molecule has 0 amide bonds. The number of hydrogen-bond donors (Lipinski definition) is 1. The van der Waals surface area contributed by atoms with Crippen molar-refractivity contribution in [1.82, 2.24) is 0 Å². The van der Waals surface area contributed by atoms with Gasteiger partial charge >= 0.3 is 0 Å². The molecule has 2 fully saturated rings. The number of ether oxygens (including phenoxy) is 1. The van der Waals surface area contributed by atoms with E-state index in [2.05, 4.69) is 5.32 Å². The summed E-state index contributed by atoms with van der Waals surface area (Å²) in [6, 6.07) is 4.45. The topological polar surface area (TPSA) is 98.5 Å². The average Bonchev–Trinajstić information content (AvgIpc) is 2.60. The molecule has 7 nitrogen and oxygen atoms in total. The lowest BCUT2D eigenvalue weighted by Gasteiger charge is -2.58. The highest BCUT2D eigenvalue weighted by Crippen LogP contribution is 2.54. The first kappa shape index (κ1) is 19.1. The van der Waals surface area contributed by atoms with Crippen molar-refractivity contribution in [2.75, 3.05) is 18.2 Å². The number of nitro groups is 1. The van der Waals surface area contributed by atoms with E-state index >= 15 is 0 Å². The van der Waals surface area contributed by atoms with Crippen LogP contribution >= 0.6 is 0 Å². The van der Waals surface area contributed by atoms with Crippen LogP contribution in [0, 0.1) is 15.5 Å². The van der Waals surface area contributed by atoms with Gasteiger partial charge in [0.15, 0.2) is 9.84 Å². The predicted octanol–water partition coefficient (Wildman–Crippen LogP) is 3.54. The van der Waals surface area contributed by atoms with E-state index in [1.54, 1.807) is 6.07 Å². The molecule has 1 aromatic rings. The maximum atomic E-state index is 12.0. The minimum absolute atomic E-state index is 0.0846. The van der Waals surface area contributed by atoms with Gasteiger partial charge < -0.3 is 10.1 Å². The van der Waals surface area contributed by atoms with E-state index < -0.39 is 14.8 Å². The van der Waals surface area contributed by atoms with Gasteiger partial charge in [0.05, 0.1) is 11.0 Å². The van der Waals surface area contributed by atoms with Gasteiger partial charge in [-0.1, -0.05) is 19.3 Å². The van der Waals surface area contributed by atoms with Crippen LogP contribution in [0.2, 0.25) is 0 Å². The van der Waals surface area contributed by atoms with Crippen molar-refractivity contribution in [3.8, 4) is 0 Å². The number of rotatable bonds is 6. The molecule has 0 radical (unpaired) electrons. The molecule has 26 heavy (non-hydrogen) atoms. The van der Waals surface area contributed by atoms with Crippen LogP contribution < -0.4 is 5.32 Å². The normalized spacial score (nSPS) is 24.8. The molecule has 0 bridgehead atoms. The van der Waals surface area contributed by atoms with Crippen molar-refractivity contribution in [3.63, 3.8) is 0 Å². The van der Waals surface area contributed by atoms with E-state index in [0.29, 0.717) is 12.3 Å². The van der Waals surface area contributed by atoms with Gasteiger partial charge in [0, 0.05) is 36.1 Å². The summed E-state index contributed by atoms with van der Waals surface area (Å²) in [6.07, 6.45) is 7.89. The maximum absolute atomic E-state index is 12.0. The second-order valence-corrected chi connectivity index (χ2v) is 9.37. The van der Waals surface area contributed by atoms with Gasteiger partial charge in [-0.25, -0.2) is 8.42 Å². The highest BCUT2D eigenvalue weighted by atomic mass is 32.2. The van der Waals surface area contributed by atoms with Gasteiger partial charge in [-0.3, -0.25) is 10.1 Å². The van der Waals surface area contributed by atoms with Crippen molar-refractivity contribution < 1.29 is 18.1 Å². The molecule has 3 rings (SSSR count). The second kappa shape index (κ2) is 7.15. The standard InChI is InChI=1S/C18H26N2O5S/c1-3-25-17-12-16(18(17)9-5-4-6-10-18)19-13-7-8-14(20(21)22)15(11-13)26(2,23)24/h7-8,11,16-17,19H,3-6,9-10,12H2,1-2H3. The van der Waals surface area contributed by atoms with Gasteiger partial charge in [-0.2, -0.15) is 0 Å². The zero-order valence-corrected chi connectivity index (χ0v) is 16.0. The Morgan fingerprint density at radius 2 is 2.00 bits per heavy atom. The summed E-state index contributed by atoms with van der Waals surface area (Å²) in [4.78, 5) is 10.2. The first-order valence-electron chi connectivity index (χ1n) is 9.14. The van der Waals surface area contributed by atoms with E-state index in [1.807, 2.05) is 6.92 Å². The first-order valence-corrected chi connectivity index (χ1v) is 11.0. The van der Waals surface area contributed by atoms with Crippen molar-refractivity contribution in [2.45, 2.75) is 62.5 Å². The van der Waals surface area contributed by atoms with Gasteiger partial charge in [-0.05, 0) is 38.3 Å². The summed E-state index contributed by atoms with van der Waals surface area (Å²) >= 11 is 0. The quantitative estimate of drug-likeness (QED) is 0.597. The van der Waals surface area contributed by atoms with Gasteiger partial charge in [-0.15, -0.1) is 0 Å². The molecule has 2 aliphatic rings. The molecule has 2 aliphatic carbocycles. The monoisotopic (exact) mass is 382 g/mol. The fraction of sp³-hybridized carbons (Fsp3) is 0.667. The number of benzene rings is 1. The van der Waals surface area contributed by atoms with Crippen LogP contribution in [0.25, 0.3) is 0 Å². The van der Waals surface area contributed by atoms with Crippen LogP contribution in [-0.4, -0.2) is 38.3 Å². The third kappa shape index (κ3) is 3.44. The van der Waals surface area contributed by atoms with E-state index in [0.717, 1.165) is 25.5 Å². The molecule has 1 N–H and O–H groups in total. The average molecular weight is 382 g/mol. The molecule has 8 heteroatoms. The fourth-order valence-corrected chi connectivity index (χ4v) is 5.38. The molecule has 0 aromatic heterocycles. The van der Waals surface area contributed by atoms with E-state index in [1.165, 1.54) is 31.4 Å². The summed E-state index contributed by atoms with van der Waals surface area (Å²) < 4.78 is 29.9. The highest BCUT2D eigenvalue weighted by Gasteiger charge is 2.55. The minimum atomic E-state index is -3.68. The molecule has 0 aliphatic heterocycles. The Balaban J connectivity index is 1.86. The van der Waals surface area contributed by atoms with Gasteiger partial charge in [0.25, 0.3) is 5.69 Å². The Morgan fingerprint density at radius 3 is 2.58 bits per heavy atom. The summed E-state index contributed by atoms with van der Waals surface area (Å²) in [5.41, 5.74) is 0.313. The van der Waals surface area contributed by atoms with Crippen LogP contribution in [-0.2, 0) is 14.6 Å². The van der Waals surface area contributed by atoms with E-state index in [-0.39, 0.29) is 28.1 Å². The molecule has 2 saturated carbocycles. The van der Waals surface area contributed by atoms with Crippen molar-refractivity contribution >= 4 is 21.2 Å². The summed E-state index contributed by atoms with van der Waals surface area (Å²) in [5, 5.41) is 14.6. The number of nitrogens with zero attached hydrogens (tertiary/aromatic N) is 1. The Kier molecular flexibility index (Phi) is 5.25. The Labute approximate surface area is 154 Å². The molecule has 2 unspecified atom stereocenters. The highest BCUT2D eigenvalue weighted by molar-refractivity contribution is 7.90. The van der Waals surface area contributed by atoms with Crippen LogP contribution in [0.5, 0.6) is 0 Å². The number of hydrogen-bond acceptors (Lipinski definition) is 6. The molecule has 0 heterocycles. The molecule has 0 saturated heterocycles. The number of anilines is 1. The number of sulfone groups is 1. The molecule has 144 valence electrons. The fourth-order valence-electron chi connectivity index (χ4n) is 4.52. The third-order valence-corrected chi connectivity index (χ3v) is 6.96. The minimum Gasteiger partial charge on any atom is -0.382 e. The van der Waals surface area contributed by atoms with Crippen molar-refractivity contribution in [2.24, 2.45) is 5.41 Å². The smallest absolute Gasteiger partial charge is 0.288 e. The maximum Gasteiger partial charge on any atom is 0.288 e. The molecule has 1 aromatic carbocycles. The van der Waals surface area contributed by atoms with Crippen LogP contribution in [0.4, 0.5) is 11.4 Å². The SMILES string of the molecule is CCOC1CC(Nc2ccc([N+](=O)[O-])c(S(C)(=O)=O)c2)C12CCCCC2. The Morgan fingerprint density at radius 1 is 1.31 bits per heavy atom. The lowest BCUT2D eigenvalue weighted by molar-refractivity contribution is -0.387. The summed E-state index contributed by atoms with van der Waals surface area (Å²) in [7, 11) is -3.68. The van der Waals surface area contributed by atoms with E-state index in [4.69, 9.17) is 4.74 Å². The zero-order chi connectivity index (χ0) is 18.9. The van der Waals surface area contributed by atoms with Crippen molar-refractivity contribution in [1.29, 1.82) is 0 Å². The Bertz CT molecular complexity index is 787. The van der Waals surface area contributed by atoms with E-state index in [9.17, 15) is 18.5 Å². The summed E-state index contributed by atoms with van der Waals surface area (Å²) in [5.74, 6) is 0. The predicted molar refractivity (Wildman–Crippen MR) is 99.2 cm³/mol. The zero-order valence-electron chi connectivity index (χ0n) is 15.2. The molecular weight excluding hydrogens is 356 g/mol. The first-order chi connectivity index (χ1) is 12.3. The second-order valence-electron chi connectivity index (χ2n) is 7.38. The van der Waals surface area contributed by atoms with Gasteiger partial charge in [0.2, 0.25) is 0 Å². The number of nitrogens with one attached hydrogen (secondary N) is 1. The van der Waals surface area contributed by atoms with Crippen LogP contribution in [0.15, 0.2) is 23.1 Å². The molecular formula is C18H26N2O5S. The lowest BCUT2D eigenvalue weighted by Crippen LogP contribution is -2.62. The molecule has 2 atom stereocenters. The molecule has 1 spiro atoms. The summed E-state index contributed by atoms with van der Waals surface area (Å²) in [6.45, 7) is 2.70. The van der Waals surface area contributed by atoms with Crippen molar-refractivity contribution in [3.05, 3.63) is 28.3 Å². The van der Waals surface area contributed by atoms with Crippen LogP contribution in [0.3, 0.4) is 0 Å². The third-order valence-electron chi connectivity index (χ3n) is 5.83. The lowest BCUT2D eigenvalue weighted by atomic mass is 9.55. The Hall–Kier alpha value is -1.67. The van der Waals surface area contributed by atoms with Crippen LogP contribution in [0.1, 0.15) is 45.4 Å². The van der Waals surface area contributed by atoms with Gasteiger partial charge in [0.1, 0.15) is 4.90 Å².